The minimum atomic E-state index is -0.995. The first-order valence-corrected chi connectivity index (χ1v) is 5.83. The molecule has 0 spiro atoms. The number of hydrogen-bond acceptors (Lipinski definition) is 3. The molecule has 1 aromatic heterocycles. The number of nitrogens with two attached hydrogens (primary N) is 1. The van der Waals surface area contributed by atoms with Crippen LogP contribution in [-0.2, 0) is 11.2 Å². The first kappa shape index (κ1) is 12.4. The van der Waals surface area contributed by atoms with Crippen molar-refractivity contribution < 1.29 is 14.6 Å². The zero-order valence-corrected chi connectivity index (χ0v) is 10.1. The molecule has 0 aliphatic heterocycles. The molecule has 5 heteroatoms. The van der Waals surface area contributed by atoms with Gasteiger partial charge in [0.1, 0.15) is 11.8 Å². The molecule has 0 saturated carbocycles. The molecule has 0 radical (unpaired) electrons. The van der Waals surface area contributed by atoms with E-state index >= 15 is 0 Å². The maximum atomic E-state index is 10.8. The molecule has 4 N–H and O–H groups in total. The number of benzene rings is 1. The summed E-state index contributed by atoms with van der Waals surface area (Å²) < 4.78 is 5.43. The minimum absolute atomic E-state index is 0.297. The van der Waals surface area contributed by atoms with E-state index in [0.717, 1.165) is 22.2 Å². The molecule has 5 nitrogen and oxygen atoms in total. The van der Waals surface area contributed by atoms with Crippen LogP contribution in [0.1, 0.15) is 12.5 Å². The van der Waals surface area contributed by atoms with Gasteiger partial charge in [-0.15, -0.1) is 0 Å². The molecule has 2 aromatic rings. The van der Waals surface area contributed by atoms with Crippen LogP contribution in [0.3, 0.4) is 0 Å². The van der Waals surface area contributed by atoms with Gasteiger partial charge in [0, 0.05) is 23.5 Å². The zero-order valence-electron chi connectivity index (χ0n) is 10.1. The number of H-pyrrole nitrogens is 1. The summed E-state index contributed by atoms with van der Waals surface area (Å²) in [6, 6.07) is 4.80. The summed E-state index contributed by atoms with van der Waals surface area (Å²) in [5.74, 6) is -0.222. The zero-order chi connectivity index (χ0) is 13.1. The Morgan fingerprint density at radius 1 is 1.56 bits per heavy atom. The van der Waals surface area contributed by atoms with E-state index in [9.17, 15) is 4.79 Å². The summed E-state index contributed by atoms with van der Waals surface area (Å²) >= 11 is 0. The Morgan fingerprint density at radius 3 is 3.00 bits per heavy atom. The number of hydrogen-bond donors (Lipinski definition) is 3. The Hall–Kier alpha value is -2.01. The van der Waals surface area contributed by atoms with Crippen molar-refractivity contribution in [3.05, 3.63) is 30.0 Å². The molecule has 2 rings (SSSR count). The first-order chi connectivity index (χ1) is 8.61. The number of carboxylic acids is 1. The fourth-order valence-electron chi connectivity index (χ4n) is 1.91. The minimum Gasteiger partial charge on any atom is -0.494 e. The molecule has 0 amide bonds. The Labute approximate surface area is 105 Å². The molecule has 96 valence electrons. The second-order valence-electron chi connectivity index (χ2n) is 4.10. The van der Waals surface area contributed by atoms with E-state index in [1.165, 1.54) is 0 Å². The van der Waals surface area contributed by atoms with Gasteiger partial charge < -0.3 is 20.6 Å². The van der Waals surface area contributed by atoms with E-state index < -0.39 is 12.0 Å². The van der Waals surface area contributed by atoms with Crippen LogP contribution < -0.4 is 10.5 Å². The maximum Gasteiger partial charge on any atom is 0.320 e. The summed E-state index contributed by atoms with van der Waals surface area (Å²) in [7, 11) is 0. The van der Waals surface area contributed by atoms with Crippen molar-refractivity contribution in [2.45, 2.75) is 19.4 Å². The van der Waals surface area contributed by atoms with Gasteiger partial charge in [0.25, 0.3) is 0 Å². The lowest BCUT2D eigenvalue weighted by Gasteiger charge is -2.06. The van der Waals surface area contributed by atoms with Crippen LogP contribution >= 0.6 is 0 Å². The highest BCUT2D eigenvalue weighted by Crippen LogP contribution is 2.24. The number of aromatic amines is 1. The van der Waals surface area contributed by atoms with E-state index in [2.05, 4.69) is 4.98 Å². The van der Waals surface area contributed by atoms with Crippen molar-refractivity contribution in [1.29, 1.82) is 0 Å². The lowest BCUT2D eigenvalue weighted by molar-refractivity contribution is -0.138. The number of rotatable bonds is 5. The molecule has 18 heavy (non-hydrogen) atoms. The average Bonchev–Trinajstić information content (AvgIpc) is 2.72. The van der Waals surface area contributed by atoms with Gasteiger partial charge in [0.05, 0.1) is 6.61 Å². The van der Waals surface area contributed by atoms with Crippen molar-refractivity contribution in [2.24, 2.45) is 5.73 Å². The predicted molar refractivity (Wildman–Crippen MR) is 68.8 cm³/mol. The van der Waals surface area contributed by atoms with Gasteiger partial charge in [-0.3, -0.25) is 4.79 Å². The van der Waals surface area contributed by atoms with Crippen molar-refractivity contribution in [1.82, 2.24) is 4.98 Å². The van der Waals surface area contributed by atoms with E-state index in [-0.39, 0.29) is 0 Å². The van der Waals surface area contributed by atoms with Gasteiger partial charge in [-0.1, -0.05) is 0 Å². The lowest BCUT2D eigenvalue weighted by atomic mass is 10.1. The molecule has 0 saturated heterocycles. The smallest absolute Gasteiger partial charge is 0.320 e. The van der Waals surface area contributed by atoms with Gasteiger partial charge in [0.2, 0.25) is 0 Å². The molecule has 1 heterocycles. The Balaban J connectivity index is 2.33. The van der Waals surface area contributed by atoms with Gasteiger partial charge in [-0.25, -0.2) is 0 Å². The predicted octanol–water partition coefficient (Wildman–Crippen LogP) is 1.52. The quantitative estimate of drug-likeness (QED) is 0.748. The number of aromatic nitrogens is 1. The van der Waals surface area contributed by atoms with E-state index in [1.54, 1.807) is 6.20 Å². The Morgan fingerprint density at radius 2 is 2.33 bits per heavy atom. The number of carboxylic acid groups (broad SMARTS) is 1. The fourth-order valence-corrected chi connectivity index (χ4v) is 1.91. The standard InChI is InChI=1S/C13H16N2O3/c1-2-18-9-3-4-12-10(6-9)8(7-15-12)5-11(14)13(16)17/h3-4,6-7,11,15H,2,5,14H2,1H3,(H,16,17). The number of ether oxygens (including phenoxy) is 1. The van der Waals surface area contributed by atoms with Crippen LogP contribution in [0.25, 0.3) is 10.9 Å². The summed E-state index contributed by atoms with van der Waals surface area (Å²) in [5.41, 5.74) is 7.39. The van der Waals surface area contributed by atoms with E-state index in [0.29, 0.717) is 13.0 Å². The van der Waals surface area contributed by atoms with Gasteiger partial charge >= 0.3 is 5.97 Å². The van der Waals surface area contributed by atoms with E-state index in [1.807, 2.05) is 25.1 Å². The van der Waals surface area contributed by atoms with Crippen LogP contribution in [-0.4, -0.2) is 28.7 Å². The van der Waals surface area contributed by atoms with Gasteiger partial charge in [-0.2, -0.15) is 0 Å². The largest absolute Gasteiger partial charge is 0.494 e. The SMILES string of the molecule is CCOc1ccc2[nH]cc(CC(N)C(=O)O)c2c1. The topological polar surface area (TPSA) is 88.3 Å². The van der Waals surface area contributed by atoms with Gasteiger partial charge in [0.15, 0.2) is 0 Å². The molecule has 0 aliphatic rings. The average molecular weight is 248 g/mol. The van der Waals surface area contributed by atoms with Crippen LogP contribution in [0.2, 0.25) is 0 Å². The highest BCUT2D eigenvalue weighted by molar-refractivity contribution is 5.85. The number of nitrogens with one attached hydrogen (secondary N) is 1. The summed E-state index contributed by atoms with van der Waals surface area (Å²) in [6.07, 6.45) is 2.09. The number of carbonyl (C=O) groups is 1. The Kier molecular flexibility index (Phi) is 3.53. The van der Waals surface area contributed by atoms with Crippen LogP contribution in [0.5, 0.6) is 5.75 Å². The molecular formula is C13H16N2O3. The van der Waals surface area contributed by atoms with Crippen LogP contribution in [0, 0.1) is 0 Å². The van der Waals surface area contributed by atoms with Crippen molar-refractivity contribution in [3.63, 3.8) is 0 Å². The summed E-state index contributed by atoms with van der Waals surface area (Å²) in [6.45, 7) is 2.52. The second-order valence-corrected chi connectivity index (χ2v) is 4.10. The van der Waals surface area contributed by atoms with Gasteiger partial charge in [-0.05, 0) is 30.7 Å². The molecule has 0 bridgehead atoms. The first-order valence-electron chi connectivity index (χ1n) is 5.83. The summed E-state index contributed by atoms with van der Waals surface area (Å²) in [5, 5.41) is 9.79. The Bertz CT molecular complexity index is 562. The maximum absolute atomic E-state index is 10.8. The highest BCUT2D eigenvalue weighted by atomic mass is 16.5. The molecule has 1 unspecified atom stereocenters. The molecular weight excluding hydrogens is 232 g/mol. The number of fused-ring (bicyclic) bond motifs is 1. The van der Waals surface area contributed by atoms with Crippen molar-refractivity contribution in [3.8, 4) is 5.75 Å². The van der Waals surface area contributed by atoms with Crippen LogP contribution in [0.4, 0.5) is 0 Å². The third-order valence-corrected chi connectivity index (χ3v) is 2.81. The molecule has 1 aromatic carbocycles. The normalized spacial score (nSPS) is 12.6. The third kappa shape index (κ3) is 2.46. The molecule has 0 fully saturated rings. The van der Waals surface area contributed by atoms with Crippen molar-refractivity contribution in [2.75, 3.05) is 6.61 Å². The lowest BCUT2D eigenvalue weighted by Crippen LogP contribution is -2.32. The van der Waals surface area contributed by atoms with E-state index in [4.69, 9.17) is 15.6 Å². The fraction of sp³-hybridized carbons (Fsp3) is 0.308. The molecule has 0 aliphatic carbocycles. The number of aliphatic carboxylic acids is 1. The van der Waals surface area contributed by atoms with Crippen molar-refractivity contribution >= 4 is 16.9 Å². The monoisotopic (exact) mass is 248 g/mol. The highest BCUT2D eigenvalue weighted by Gasteiger charge is 2.15. The van der Waals surface area contributed by atoms with Crippen LogP contribution in [0.15, 0.2) is 24.4 Å². The second kappa shape index (κ2) is 5.10. The molecule has 1 atom stereocenters. The third-order valence-electron chi connectivity index (χ3n) is 2.81. The summed E-state index contributed by atoms with van der Waals surface area (Å²) in [4.78, 5) is 13.9.